The number of rotatable bonds is 5. The summed E-state index contributed by atoms with van der Waals surface area (Å²) in [6, 6.07) is 11.0. The van der Waals surface area contributed by atoms with E-state index in [1.165, 1.54) is 32.5 Å². The predicted molar refractivity (Wildman–Crippen MR) is 107 cm³/mol. The number of fused-ring (bicyclic) bond motifs is 1. The number of nitrogens with zero attached hydrogens (tertiary/aromatic N) is 1. The van der Waals surface area contributed by atoms with Crippen LogP contribution in [-0.4, -0.2) is 35.8 Å². The Labute approximate surface area is 171 Å². The van der Waals surface area contributed by atoms with Gasteiger partial charge in [-0.3, -0.25) is 4.79 Å². The van der Waals surface area contributed by atoms with Crippen molar-refractivity contribution < 1.29 is 28.6 Å². The van der Waals surface area contributed by atoms with Crippen molar-refractivity contribution in [3.05, 3.63) is 71.3 Å². The Balaban J connectivity index is 1.99. The number of benzene rings is 2. The summed E-state index contributed by atoms with van der Waals surface area (Å²) in [4.78, 5) is 24.4. The van der Waals surface area contributed by atoms with E-state index in [-0.39, 0.29) is 23.6 Å². The quantitative estimate of drug-likeness (QED) is 0.668. The number of carboxylic acid groups (broad SMARTS) is 1. The molecule has 2 N–H and O–H groups in total. The Morgan fingerprint density at radius 2 is 1.90 bits per heavy atom. The molecule has 4 rings (SSSR count). The van der Waals surface area contributed by atoms with Crippen molar-refractivity contribution >= 4 is 17.6 Å². The molecule has 1 aliphatic rings. The molecule has 3 aromatic rings. The maximum atomic E-state index is 13.5. The van der Waals surface area contributed by atoms with Gasteiger partial charge in [0, 0.05) is 29.8 Å². The molecule has 1 aliphatic heterocycles. The van der Waals surface area contributed by atoms with E-state index in [9.17, 15) is 19.1 Å². The third-order valence-electron chi connectivity index (χ3n) is 5.17. The first kappa shape index (κ1) is 19.5. The van der Waals surface area contributed by atoms with Crippen LogP contribution in [0, 0.1) is 5.82 Å². The Morgan fingerprint density at radius 1 is 1.17 bits per heavy atom. The van der Waals surface area contributed by atoms with Crippen LogP contribution in [0.4, 0.5) is 10.1 Å². The average Bonchev–Trinajstić information content (AvgIpc) is 3.12. The zero-order valence-electron chi connectivity index (χ0n) is 16.3. The van der Waals surface area contributed by atoms with E-state index in [1.54, 1.807) is 28.8 Å². The Hall–Kier alpha value is -3.81. The van der Waals surface area contributed by atoms with Gasteiger partial charge in [-0.05, 0) is 30.3 Å². The molecule has 154 valence electrons. The summed E-state index contributed by atoms with van der Waals surface area (Å²) in [5.74, 6) is -1.42. The molecule has 0 radical (unpaired) electrons. The van der Waals surface area contributed by atoms with Gasteiger partial charge >= 0.3 is 5.97 Å². The van der Waals surface area contributed by atoms with Crippen LogP contribution < -0.4 is 14.8 Å². The summed E-state index contributed by atoms with van der Waals surface area (Å²) in [7, 11) is 3.03. The molecule has 1 aromatic heterocycles. The van der Waals surface area contributed by atoms with Crippen molar-refractivity contribution in [1.29, 1.82) is 0 Å². The molecule has 1 amide bonds. The standard InChI is InChI=1S/C22H19FN2O5/c1-29-17-5-3-4-14(21(17)30-2)15-10-18(26)24-19-16(22(27)28)11-25(20(15)19)13-8-6-12(23)7-9-13/h3-9,11,15H,10H2,1-2H3,(H,24,26)(H,27,28). The van der Waals surface area contributed by atoms with E-state index in [4.69, 9.17) is 9.47 Å². The monoisotopic (exact) mass is 410 g/mol. The largest absolute Gasteiger partial charge is 0.493 e. The number of carbonyl (C=O) groups excluding carboxylic acids is 1. The second kappa shape index (κ2) is 7.55. The van der Waals surface area contributed by atoms with Gasteiger partial charge in [0.1, 0.15) is 11.4 Å². The highest BCUT2D eigenvalue weighted by Gasteiger charge is 2.36. The van der Waals surface area contributed by atoms with Crippen LogP contribution in [0.15, 0.2) is 48.7 Å². The van der Waals surface area contributed by atoms with Gasteiger partial charge in [0.25, 0.3) is 0 Å². The van der Waals surface area contributed by atoms with Gasteiger partial charge in [0.05, 0.1) is 25.6 Å². The van der Waals surface area contributed by atoms with Gasteiger partial charge in [-0.1, -0.05) is 12.1 Å². The number of para-hydroxylation sites is 1. The number of aromatic nitrogens is 1. The lowest BCUT2D eigenvalue weighted by atomic mass is 9.87. The molecule has 1 atom stereocenters. The highest BCUT2D eigenvalue weighted by molar-refractivity contribution is 6.04. The fraction of sp³-hybridized carbons (Fsp3) is 0.182. The second-order valence-electron chi connectivity index (χ2n) is 6.84. The van der Waals surface area contributed by atoms with Gasteiger partial charge in [-0.15, -0.1) is 0 Å². The van der Waals surface area contributed by atoms with E-state index in [2.05, 4.69) is 5.32 Å². The number of carbonyl (C=O) groups is 2. The Kier molecular flexibility index (Phi) is 4.91. The minimum Gasteiger partial charge on any atom is -0.493 e. The van der Waals surface area contributed by atoms with Gasteiger partial charge < -0.3 is 24.5 Å². The van der Waals surface area contributed by atoms with E-state index < -0.39 is 17.7 Å². The molecule has 7 nitrogen and oxygen atoms in total. The zero-order chi connectivity index (χ0) is 21.4. The van der Waals surface area contributed by atoms with Gasteiger partial charge in [-0.2, -0.15) is 0 Å². The fourth-order valence-electron chi connectivity index (χ4n) is 3.89. The summed E-state index contributed by atoms with van der Waals surface area (Å²) >= 11 is 0. The smallest absolute Gasteiger partial charge is 0.339 e. The number of anilines is 1. The topological polar surface area (TPSA) is 89.8 Å². The number of halogens is 1. The Bertz CT molecular complexity index is 1140. The lowest BCUT2D eigenvalue weighted by molar-refractivity contribution is -0.116. The number of hydrogen-bond donors (Lipinski definition) is 2. The van der Waals surface area contributed by atoms with Crippen molar-refractivity contribution in [2.75, 3.05) is 19.5 Å². The molecule has 8 heteroatoms. The van der Waals surface area contributed by atoms with E-state index in [1.807, 2.05) is 6.07 Å². The number of nitrogens with one attached hydrogen (secondary N) is 1. The van der Waals surface area contributed by atoms with Crippen molar-refractivity contribution in [3.63, 3.8) is 0 Å². The molecular formula is C22H19FN2O5. The van der Waals surface area contributed by atoms with Crippen LogP contribution in [-0.2, 0) is 4.79 Å². The van der Waals surface area contributed by atoms with Crippen LogP contribution in [0.25, 0.3) is 5.69 Å². The molecule has 0 aliphatic carbocycles. The number of hydrogen-bond acceptors (Lipinski definition) is 4. The summed E-state index contributed by atoms with van der Waals surface area (Å²) in [6.07, 6.45) is 1.52. The van der Waals surface area contributed by atoms with Crippen LogP contribution in [0.5, 0.6) is 11.5 Å². The van der Waals surface area contributed by atoms with E-state index >= 15 is 0 Å². The molecular weight excluding hydrogens is 391 g/mol. The van der Waals surface area contributed by atoms with Crippen molar-refractivity contribution in [2.45, 2.75) is 12.3 Å². The van der Waals surface area contributed by atoms with E-state index in [0.717, 1.165) is 0 Å². The number of amides is 1. The number of carboxylic acids is 1. The first-order valence-electron chi connectivity index (χ1n) is 9.19. The molecule has 30 heavy (non-hydrogen) atoms. The molecule has 0 bridgehead atoms. The predicted octanol–water partition coefficient (Wildman–Crippen LogP) is 3.81. The lowest BCUT2D eigenvalue weighted by Crippen LogP contribution is -2.25. The normalized spacial score (nSPS) is 15.3. The van der Waals surface area contributed by atoms with Crippen molar-refractivity contribution in [2.24, 2.45) is 0 Å². The fourth-order valence-corrected chi connectivity index (χ4v) is 3.89. The molecule has 0 spiro atoms. The first-order valence-corrected chi connectivity index (χ1v) is 9.19. The third kappa shape index (κ3) is 3.16. The molecule has 0 fully saturated rings. The SMILES string of the molecule is COc1cccc(C2CC(=O)Nc3c(C(=O)O)cn(-c4ccc(F)cc4)c32)c1OC. The van der Waals surface area contributed by atoms with Crippen LogP contribution in [0.3, 0.4) is 0 Å². The lowest BCUT2D eigenvalue weighted by Gasteiger charge is -2.27. The van der Waals surface area contributed by atoms with Crippen LogP contribution in [0.2, 0.25) is 0 Å². The third-order valence-corrected chi connectivity index (χ3v) is 5.17. The van der Waals surface area contributed by atoms with E-state index in [0.29, 0.717) is 28.4 Å². The van der Waals surface area contributed by atoms with Crippen LogP contribution in [0.1, 0.15) is 34.0 Å². The second-order valence-corrected chi connectivity index (χ2v) is 6.84. The van der Waals surface area contributed by atoms with Gasteiger partial charge in [0.2, 0.25) is 5.91 Å². The highest BCUT2D eigenvalue weighted by Crippen LogP contribution is 2.46. The minimum absolute atomic E-state index is 0.0470. The number of aromatic carboxylic acids is 1. The van der Waals surface area contributed by atoms with Crippen LogP contribution >= 0.6 is 0 Å². The number of methoxy groups -OCH3 is 2. The molecule has 0 saturated heterocycles. The molecule has 1 unspecified atom stereocenters. The first-order chi connectivity index (χ1) is 14.4. The summed E-state index contributed by atoms with van der Waals surface area (Å²) < 4.78 is 26.1. The highest BCUT2D eigenvalue weighted by atomic mass is 19.1. The zero-order valence-corrected chi connectivity index (χ0v) is 16.3. The van der Waals surface area contributed by atoms with Crippen molar-refractivity contribution in [1.82, 2.24) is 4.57 Å². The molecule has 0 saturated carbocycles. The molecule has 2 heterocycles. The molecule has 2 aromatic carbocycles. The number of ether oxygens (including phenoxy) is 2. The average molecular weight is 410 g/mol. The van der Waals surface area contributed by atoms with Gasteiger partial charge in [-0.25, -0.2) is 9.18 Å². The van der Waals surface area contributed by atoms with Crippen molar-refractivity contribution in [3.8, 4) is 17.2 Å². The summed E-state index contributed by atoms with van der Waals surface area (Å²) in [5.41, 5.74) is 2.01. The maximum absolute atomic E-state index is 13.5. The van der Waals surface area contributed by atoms with Gasteiger partial charge in [0.15, 0.2) is 11.5 Å². The summed E-state index contributed by atoms with van der Waals surface area (Å²) in [5, 5.41) is 12.4. The minimum atomic E-state index is -1.18. The summed E-state index contributed by atoms with van der Waals surface area (Å²) in [6.45, 7) is 0. The Morgan fingerprint density at radius 3 is 2.53 bits per heavy atom. The maximum Gasteiger partial charge on any atom is 0.339 e.